The lowest BCUT2D eigenvalue weighted by Crippen LogP contribution is -1.92. The molecule has 0 unspecified atom stereocenters. The summed E-state index contributed by atoms with van der Waals surface area (Å²) in [6.07, 6.45) is 1.48. The van der Waals surface area contributed by atoms with E-state index in [1.54, 1.807) is 13.0 Å². The van der Waals surface area contributed by atoms with Gasteiger partial charge in [-0.1, -0.05) is 11.6 Å². The fraction of sp³-hybridized carbons (Fsp3) is 0.100. The first-order chi connectivity index (χ1) is 7.09. The van der Waals surface area contributed by atoms with E-state index in [0.29, 0.717) is 27.5 Å². The van der Waals surface area contributed by atoms with Crippen molar-refractivity contribution < 1.29 is 4.39 Å². The highest BCUT2D eigenvalue weighted by Crippen LogP contribution is 2.30. The molecule has 0 aliphatic rings. The predicted octanol–water partition coefficient (Wildman–Crippen LogP) is 2.76. The first kappa shape index (κ1) is 9.98. The third-order valence-corrected chi connectivity index (χ3v) is 2.40. The number of nitrogens with two attached hydrogens (primary N) is 1. The molecule has 15 heavy (non-hydrogen) atoms. The Morgan fingerprint density at radius 1 is 1.40 bits per heavy atom. The van der Waals surface area contributed by atoms with Gasteiger partial charge in [-0.3, -0.25) is 5.10 Å². The van der Waals surface area contributed by atoms with E-state index in [1.165, 1.54) is 12.3 Å². The maximum Gasteiger partial charge on any atom is 0.134 e. The molecule has 0 spiro atoms. The molecule has 0 saturated carbocycles. The number of anilines is 1. The van der Waals surface area contributed by atoms with Gasteiger partial charge in [0.15, 0.2) is 0 Å². The average Bonchev–Trinajstić information content (AvgIpc) is 2.58. The van der Waals surface area contributed by atoms with Crippen LogP contribution in [0.5, 0.6) is 0 Å². The van der Waals surface area contributed by atoms with Crippen molar-refractivity contribution in [2.75, 3.05) is 5.73 Å². The van der Waals surface area contributed by atoms with E-state index in [9.17, 15) is 4.39 Å². The number of halogens is 2. The van der Waals surface area contributed by atoms with Crippen LogP contribution >= 0.6 is 11.6 Å². The molecule has 3 nitrogen and oxygen atoms in total. The van der Waals surface area contributed by atoms with Crippen molar-refractivity contribution in [1.82, 2.24) is 10.2 Å². The summed E-state index contributed by atoms with van der Waals surface area (Å²) in [4.78, 5) is 0. The predicted molar refractivity (Wildman–Crippen MR) is 58.1 cm³/mol. The van der Waals surface area contributed by atoms with Gasteiger partial charge in [0.2, 0.25) is 0 Å². The minimum atomic E-state index is -0.326. The van der Waals surface area contributed by atoms with E-state index in [2.05, 4.69) is 10.2 Å². The Morgan fingerprint density at radius 3 is 2.73 bits per heavy atom. The van der Waals surface area contributed by atoms with E-state index < -0.39 is 0 Å². The van der Waals surface area contributed by atoms with Gasteiger partial charge in [-0.05, 0) is 24.6 Å². The van der Waals surface area contributed by atoms with Crippen LogP contribution in [0.3, 0.4) is 0 Å². The van der Waals surface area contributed by atoms with Gasteiger partial charge in [0.25, 0.3) is 0 Å². The van der Waals surface area contributed by atoms with Crippen LogP contribution in [0, 0.1) is 12.7 Å². The SMILES string of the molecule is Cc1cc(Cl)cc(-c2cn[nH]c2N)c1F. The molecule has 0 aliphatic carbocycles. The molecule has 0 atom stereocenters. The second-order valence-corrected chi connectivity index (χ2v) is 3.72. The van der Waals surface area contributed by atoms with Crippen molar-refractivity contribution in [1.29, 1.82) is 0 Å². The fourth-order valence-electron chi connectivity index (χ4n) is 1.43. The zero-order valence-electron chi connectivity index (χ0n) is 8.01. The summed E-state index contributed by atoms with van der Waals surface area (Å²) in [7, 11) is 0. The number of aromatic nitrogens is 2. The zero-order valence-corrected chi connectivity index (χ0v) is 8.77. The van der Waals surface area contributed by atoms with Crippen LogP contribution in [0.15, 0.2) is 18.3 Å². The average molecular weight is 226 g/mol. The Morgan fingerprint density at radius 2 is 2.13 bits per heavy atom. The number of nitrogens with one attached hydrogen (secondary N) is 1. The molecule has 1 aromatic carbocycles. The lowest BCUT2D eigenvalue weighted by molar-refractivity contribution is 0.622. The van der Waals surface area contributed by atoms with Crippen LogP contribution in [0.25, 0.3) is 11.1 Å². The molecule has 1 heterocycles. The zero-order chi connectivity index (χ0) is 11.0. The Kier molecular flexibility index (Phi) is 2.36. The molecule has 78 valence electrons. The molecule has 0 amide bonds. The monoisotopic (exact) mass is 225 g/mol. The van der Waals surface area contributed by atoms with Gasteiger partial charge >= 0.3 is 0 Å². The van der Waals surface area contributed by atoms with Crippen molar-refractivity contribution in [2.45, 2.75) is 6.92 Å². The smallest absolute Gasteiger partial charge is 0.134 e. The van der Waals surface area contributed by atoms with Crippen molar-refractivity contribution in [3.63, 3.8) is 0 Å². The second-order valence-electron chi connectivity index (χ2n) is 3.28. The Labute approximate surface area is 91.1 Å². The van der Waals surface area contributed by atoms with Gasteiger partial charge in [-0.2, -0.15) is 5.10 Å². The highest BCUT2D eigenvalue weighted by Gasteiger charge is 2.13. The second kappa shape index (κ2) is 3.55. The molecule has 5 heteroatoms. The van der Waals surface area contributed by atoms with Crippen LogP contribution < -0.4 is 5.73 Å². The van der Waals surface area contributed by atoms with Crippen molar-refractivity contribution in [3.8, 4) is 11.1 Å². The summed E-state index contributed by atoms with van der Waals surface area (Å²) in [6.45, 7) is 1.65. The van der Waals surface area contributed by atoms with Crippen LogP contribution in [0.2, 0.25) is 5.02 Å². The summed E-state index contributed by atoms with van der Waals surface area (Å²) < 4.78 is 13.8. The normalized spacial score (nSPS) is 10.6. The minimum absolute atomic E-state index is 0.326. The number of benzene rings is 1. The summed E-state index contributed by atoms with van der Waals surface area (Å²) in [5.41, 5.74) is 6.99. The topological polar surface area (TPSA) is 54.7 Å². The molecule has 0 radical (unpaired) electrons. The number of hydrogen-bond acceptors (Lipinski definition) is 2. The van der Waals surface area contributed by atoms with Crippen LogP contribution in [-0.2, 0) is 0 Å². The van der Waals surface area contributed by atoms with Crippen LogP contribution in [0.1, 0.15) is 5.56 Å². The van der Waals surface area contributed by atoms with E-state index in [0.717, 1.165) is 0 Å². The lowest BCUT2D eigenvalue weighted by Gasteiger charge is -2.05. The third kappa shape index (κ3) is 1.68. The molecule has 2 aromatic rings. The number of nitrogen functional groups attached to an aromatic ring is 1. The highest BCUT2D eigenvalue weighted by molar-refractivity contribution is 6.31. The molecular weight excluding hydrogens is 217 g/mol. The maximum absolute atomic E-state index is 13.8. The van der Waals surface area contributed by atoms with Gasteiger partial charge in [0.05, 0.1) is 6.20 Å². The third-order valence-electron chi connectivity index (χ3n) is 2.18. The molecule has 1 aromatic heterocycles. The van der Waals surface area contributed by atoms with Gasteiger partial charge in [0.1, 0.15) is 11.6 Å². The van der Waals surface area contributed by atoms with Crippen molar-refractivity contribution in [3.05, 3.63) is 34.7 Å². The molecule has 2 rings (SSSR count). The number of nitrogens with zero attached hydrogens (tertiary/aromatic N) is 1. The quantitative estimate of drug-likeness (QED) is 0.784. The van der Waals surface area contributed by atoms with E-state index in [4.69, 9.17) is 17.3 Å². The molecule has 3 N–H and O–H groups in total. The molecule has 0 aliphatic heterocycles. The highest BCUT2D eigenvalue weighted by atomic mass is 35.5. The summed E-state index contributed by atoms with van der Waals surface area (Å²) in [6, 6.07) is 3.10. The number of rotatable bonds is 1. The maximum atomic E-state index is 13.8. The van der Waals surface area contributed by atoms with E-state index >= 15 is 0 Å². The minimum Gasteiger partial charge on any atom is -0.384 e. The Hall–Kier alpha value is -1.55. The van der Waals surface area contributed by atoms with Gasteiger partial charge in [-0.25, -0.2) is 4.39 Å². The fourth-order valence-corrected chi connectivity index (χ4v) is 1.71. The van der Waals surface area contributed by atoms with E-state index in [1.807, 2.05) is 0 Å². The molecule has 0 bridgehead atoms. The molecule has 0 saturated heterocycles. The number of hydrogen-bond donors (Lipinski definition) is 2. The Balaban J connectivity index is 2.68. The molecule has 0 fully saturated rings. The van der Waals surface area contributed by atoms with Gasteiger partial charge < -0.3 is 5.73 Å². The van der Waals surface area contributed by atoms with Crippen LogP contribution in [-0.4, -0.2) is 10.2 Å². The first-order valence-corrected chi connectivity index (χ1v) is 4.72. The number of aromatic amines is 1. The summed E-state index contributed by atoms with van der Waals surface area (Å²) >= 11 is 5.85. The number of aryl methyl sites for hydroxylation is 1. The van der Waals surface area contributed by atoms with Crippen LogP contribution in [0.4, 0.5) is 10.2 Å². The Bertz CT molecular complexity index is 507. The summed E-state index contributed by atoms with van der Waals surface area (Å²) in [5.74, 6) is 0.00284. The largest absolute Gasteiger partial charge is 0.384 e. The lowest BCUT2D eigenvalue weighted by atomic mass is 10.1. The van der Waals surface area contributed by atoms with Crippen molar-refractivity contribution >= 4 is 17.4 Å². The summed E-state index contributed by atoms with van der Waals surface area (Å²) in [5, 5.41) is 6.77. The van der Waals surface area contributed by atoms with Crippen molar-refractivity contribution in [2.24, 2.45) is 0 Å². The molecular formula is C10H9ClFN3. The van der Waals surface area contributed by atoms with E-state index in [-0.39, 0.29) is 5.82 Å². The standard InChI is InChI=1S/C10H9ClFN3/c1-5-2-6(11)3-7(9(5)12)8-4-14-15-10(8)13/h2-4H,1H3,(H3,13,14,15). The number of H-pyrrole nitrogens is 1. The first-order valence-electron chi connectivity index (χ1n) is 4.34. The van der Waals surface area contributed by atoms with Gasteiger partial charge in [-0.15, -0.1) is 0 Å². The van der Waals surface area contributed by atoms with Gasteiger partial charge in [0, 0.05) is 16.1 Å².